The van der Waals surface area contributed by atoms with Gasteiger partial charge in [-0.25, -0.2) is 0 Å². The molecule has 3 aromatic rings. The maximum absolute atomic E-state index is 12.6. The molecule has 0 aliphatic heterocycles. The summed E-state index contributed by atoms with van der Waals surface area (Å²) in [6.07, 6.45) is -5.10. The largest absolute Gasteiger partial charge is 0.573 e. The van der Waals surface area contributed by atoms with E-state index in [2.05, 4.69) is 20.3 Å². The minimum Gasteiger partial charge on any atom is -0.404 e. The fraction of sp³-hybridized carbons (Fsp3) is 0.143. The van der Waals surface area contributed by atoms with Crippen LogP contribution in [0, 0.1) is 0 Å². The Kier molecular flexibility index (Phi) is 6.86. The van der Waals surface area contributed by atoms with Gasteiger partial charge in [0.2, 0.25) is 5.91 Å². The van der Waals surface area contributed by atoms with Crippen LogP contribution in [0.1, 0.15) is 16.1 Å². The van der Waals surface area contributed by atoms with Crippen LogP contribution >= 0.6 is 11.6 Å². The first-order valence-corrected chi connectivity index (χ1v) is 9.45. The molecular weight excluding hydrogens is 435 g/mol. The molecule has 10 heteroatoms. The normalized spacial score (nSPS) is 11.1. The average Bonchev–Trinajstić information content (AvgIpc) is 2.75. The van der Waals surface area contributed by atoms with E-state index in [1.165, 1.54) is 6.07 Å². The molecule has 0 atom stereocenters. The van der Waals surface area contributed by atoms with E-state index in [9.17, 15) is 22.8 Å². The van der Waals surface area contributed by atoms with E-state index in [1.54, 1.807) is 12.1 Å². The summed E-state index contributed by atoms with van der Waals surface area (Å²) >= 11 is 5.40. The molecule has 160 valence electrons. The van der Waals surface area contributed by atoms with Gasteiger partial charge in [-0.3, -0.25) is 9.59 Å². The minimum absolute atomic E-state index is 0.0633. The maximum atomic E-state index is 12.6. The third-order valence-electron chi connectivity index (χ3n) is 4.05. The summed E-state index contributed by atoms with van der Waals surface area (Å²) in [5.41, 5.74) is 1.63. The van der Waals surface area contributed by atoms with Gasteiger partial charge in [0.25, 0.3) is 0 Å². The first kappa shape index (κ1) is 22.2. The van der Waals surface area contributed by atoms with Gasteiger partial charge in [-0.05, 0) is 30.3 Å². The number of rotatable bonds is 7. The minimum atomic E-state index is -4.97. The number of anilines is 1. The number of nitrogens with zero attached hydrogens (tertiary/aromatic N) is 2. The lowest BCUT2D eigenvalue weighted by atomic mass is 10.0. The topological polar surface area (TPSA) is 81.2 Å². The standard InChI is InChI=1S/C21H15ClF3N3O3/c22-12-20(30)26-17-10-14(6-9-19(17)31-21(23,24)25)18(29)11-15-7-8-16(28-27-15)13-4-2-1-3-5-13/h1-10H,11-12H2,(H,26,30). The number of halogens is 4. The molecule has 0 unspecified atom stereocenters. The molecule has 0 fully saturated rings. The highest BCUT2D eigenvalue weighted by molar-refractivity contribution is 6.29. The monoisotopic (exact) mass is 449 g/mol. The number of benzene rings is 2. The third-order valence-corrected chi connectivity index (χ3v) is 4.30. The predicted octanol–water partition coefficient (Wildman–Crippen LogP) is 4.64. The van der Waals surface area contributed by atoms with Crippen LogP contribution in [0.5, 0.6) is 5.75 Å². The van der Waals surface area contributed by atoms with Crippen LogP contribution in [0.3, 0.4) is 0 Å². The zero-order valence-corrected chi connectivity index (χ0v) is 16.6. The van der Waals surface area contributed by atoms with Crippen molar-refractivity contribution in [3.63, 3.8) is 0 Å². The molecule has 0 spiro atoms. The van der Waals surface area contributed by atoms with Gasteiger partial charge in [0.1, 0.15) is 5.88 Å². The maximum Gasteiger partial charge on any atom is 0.573 e. The van der Waals surface area contributed by atoms with Crippen molar-refractivity contribution in [3.05, 3.63) is 71.9 Å². The van der Waals surface area contributed by atoms with Gasteiger partial charge in [0, 0.05) is 11.1 Å². The zero-order valence-electron chi connectivity index (χ0n) is 15.8. The Balaban J connectivity index is 1.79. The van der Waals surface area contributed by atoms with Crippen molar-refractivity contribution < 1.29 is 27.5 Å². The van der Waals surface area contributed by atoms with Gasteiger partial charge in [-0.15, -0.1) is 24.8 Å². The van der Waals surface area contributed by atoms with Crippen LogP contribution in [0.25, 0.3) is 11.3 Å². The third kappa shape index (κ3) is 6.26. The number of amides is 1. The predicted molar refractivity (Wildman–Crippen MR) is 108 cm³/mol. The number of hydrogen-bond acceptors (Lipinski definition) is 5. The molecule has 2 aromatic carbocycles. The lowest BCUT2D eigenvalue weighted by molar-refractivity contribution is -0.274. The van der Waals surface area contributed by atoms with Crippen molar-refractivity contribution in [2.24, 2.45) is 0 Å². The van der Waals surface area contributed by atoms with Crippen molar-refractivity contribution in [3.8, 4) is 17.0 Å². The van der Waals surface area contributed by atoms with Gasteiger partial charge in [-0.1, -0.05) is 30.3 Å². The molecule has 31 heavy (non-hydrogen) atoms. The van der Waals surface area contributed by atoms with E-state index in [1.807, 2.05) is 30.3 Å². The average molecular weight is 450 g/mol. The molecule has 0 saturated carbocycles. The van der Waals surface area contributed by atoms with Gasteiger partial charge in [0.15, 0.2) is 11.5 Å². The van der Waals surface area contributed by atoms with E-state index >= 15 is 0 Å². The molecular formula is C21H15ClF3N3O3. The molecule has 1 amide bonds. The van der Waals surface area contributed by atoms with Crippen LogP contribution in [-0.4, -0.2) is 34.1 Å². The van der Waals surface area contributed by atoms with Gasteiger partial charge in [0.05, 0.1) is 23.5 Å². The number of alkyl halides is 4. The number of ketones is 1. The highest BCUT2D eigenvalue weighted by atomic mass is 35.5. The van der Waals surface area contributed by atoms with E-state index in [0.29, 0.717) is 11.4 Å². The Bertz CT molecular complexity index is 1070. The van der Waals surface area contributed by atoms with Crippen LogP contribution in [0.15, 0.2) is 60.7 Å². The number of hydrogen-bond donors (Lipinski definition) is 1. The van der Waals surface area contributed by atoms with Crippen LogP contribution in [0.4, 0.5) is 18.9 Å². The van der Waals surface area contributed by atoms with Crippen LogP contribution in [0.2, 0.25) is 0 Å². The summed E-state index contributed by atoms with van der Waals surface area (Å²) in [4.78, 5) is 24.1. The first-order valence-electron chi connectivity index (χ1n) is 8.92. The molecule has 0 bridgehead atoms. The zero-order chi connectivity index (χ0) is 22.4. The Hall–Kier alpha value is -3.46. The van der Waals surface area contributed by atoms with Gasteiger partial charge >= 0.3 is 6.36 Å². The second kappa shape index (κ2) is 9.57. The van der Waals surface area contributed by atoms with Crippen molar-refractivity contribution in [1.82, 2.24) is 10.2 Å². The molecule has 1 heterocycles. The number of Topliss-reactive ketones (excluding diaryl/α,β-unsaturated/α-hetero) is 1. The molecule has 1 aromatic heterocycles. The van der Waals surface area contributed by atoms with Crippen LogP contribution < -0.4 is 10.1 Å². The first-order chi connectivity index (χ1) is 14.7. The summed E-state index contributed by atoms with van der Waals surface area (Å²) in [7, 11) is 0. The summed E-state index contributed by atoms with van der Waals surface area (Å²) in [6, 6.07) is 15.9. The highest BCUT2D eigenvalue weighted by Crippen LogP contribution is 2.31. The number of carbonyl (C=O) groups is 2. The van der Waals surface area contributed by atoms with Gasteiger partial charge in [-0.2, -0.15) is 10.2 Å². The number of aromatic nitrogens is 2. The lowest BCUT2D eigenvalue weighted by Crippen LogP contribution is -2.20. The number of nitrogens with one attached hydrogen (secondary N) is 1. The SMILES string of the molecule is O=C(CCl)Nc1cc(C(=O)Cc2ccc(-c3ccccc3)nn2)ccc1OC(F)(F)F. The van der Waals surface area contributed by atoms with Crippen molar-refractivity contribution in [2.75, 3.05) is 11.2 Å². The molecule has 0 radical (unpaired) electrons. The lowest BCUT2D eigenvalue weighted by Gasteiger charge is -2.14. The van der Waals surface area contributed by atoms with Crippen molar-refractivity contribution in [1.29, 1.82) is 0 Å². The van der Waals surface area contributed by atoms with E-state index in [0.717, 1.165) is 17.7 Å². The molecule has 1 N–H and O–H groups in total. The van der Waals surface area contributed by atoms with Crippen molar-refractivity contribution >= 4 is 29.0 Å². The molecule has 0 aliphatic carbocycles. The summed E-state index contributed by atoms with van der Waals surface area (Å²) in [5.74, 6) is -2.32. The van der Waals surface area contributed by atoms with Crippen LogP contribution in [-0.2, 0) is 11.2 Å². The second-order valence-corrected chi connectivity index (χ2v) is 6.58. The molecule has 3 rings (SSSR count). The Labute approximate surface area is 180 Å². The quantitative estimate of drug-likeness (QED) is 0.419. The molecule has 0 saturated heterocycles. The molecule has 6 nitrogen and oxygen atoms in total. The summed E-state index contributed by atoms with van der Waals surface area (Å²) in [6.45, 7) is 0. The highest BCUT2D eigenvalue weighted by Gasteiger charge is 2.32. The van der Waals surface area contributed by atoms with E-state index in [4.69, 9.17) is 11.6 Å². The Morgan fingerprint density at radius 3 is 2.35 bits per heavy atom. The van der Waals surface area contributed by atoms with E-state index < -0.39 is 29.7 Å². The fourth-order valence-corrected chi connectivity index (χ4v) is 2.75. The Morgan fingerprint density at radius 2 is 1.74 bits per heavy atom. The summed E-state index contributed by atoms with van der Waals surface area (Å²) in [5, 5.41) is 10.3. The number of carbonyl (C=O) groups excluding carboxylic acids is 2. The Morgan fingerprint density at radius 1 is 1.00 bits per heavy atom. The fourth-order valence-electron chi connectivity index (χ4n) is 2.68. The molecule has 0 aliphatic rings. The van der Waals surface area contributed by atoms with E-state index in [-0.39, 0.29) is 17.7 Å². The number of ether oxygens (including phenoxy) is 1. The second-order valence-electron chi connectivity index (χ2n) is 6.32. The van der Waals surface area contributed by atoms with Crippen molar-refractivity contribution in [2.45, 2.75) is 12.8 Å². The summed E-state index contributed by atoms with van der Waals surface area (Å²) < 4.78 is 41.7. The van der Waals surface area contributed by atoms with Gasteiger partial charge < -0.3 is 10.1 Å². The smallest absolute Gasteiger partial charge is 0.404 e.